The molecule has 1 N–H and O–H groups in total. The highest BCUT2D eigenvalue weighted by Crippen LogP contribution is 2.28. The van der Waals surface area contributed by atoms with Gasteiger partial charge in [0.25, 0.3) is 5.56 Å². The van der Waals surface area contributed by atoms with Gasteiger partial charge in [-0.3, -0.25) is 14.2 Å². The van der Waals surface area contributed by atoms with Crippen molar-refractivity contribution < 1.29 is 9.53 Å². The van der Waals surface area contributed by atoms with Gasteiger partial charge in [-0.1, -0.05) is 34.1 Å². The molecule has 1 atom stereocenters. The largest absolute Gasteiger partial charge is 0.382 e. The smallest absolute Gasteiger partial charge is 0.262 e. The van der Waals surface area contributed by atoms with E-state index >= 15 is 0 Å². The second-order valence-corrected chi connectivity index (χ2v) is 8.54. The Morgan fingerprint density at radius 3 is 3.04 bits per heavy atom. The molecule has 1 aliphatic rings. The molecule has 0 aliphatic carbocycles. The highest BCUT2D eigenvalue weighted by molar-refractivity contribution is 9.10. The molecule has 1 aromatic carbocycles. The number of rotatable bonds is 7. The lowest BCUT2D eigenvalue weighted by molar-refractivity contribution is -0.120. The van der Waals surface area contributed by atoms with Gasteiger partial charge < -0.3 is 10.1 Å². The number of amides is 1. The molecule has 27 heavy (non-hydrogen) atoms. The number of hydrogen-bond donors (Lipinski definition) is 1. The summed E-state index contributed by atoms with van der Waals surface area (Å²) in [6.45, 7) is 4.43. The average molecular weight is 454 g/mol. The van der Waals surface area contributed by atoms with Gasteiger partial charge in [-0.05, 0) is 44.4 Å². The molecular weight excluding hydrogens is 430 g/mol. The van der Waals surface area contributed by atoms with Crippen LogP contribution in [0.25, 0.3) is 10.9 Å². The average Bonchev–Trinajstić information content (AvgIpc) is 2.86. The Kier molecular flexibility index (Phi) is 7.32. The third-order valence-corrected chi connectivity index (χ3v) is 6.24. The third-order valence-electron chi connectivity index (χ3n) is 4.49. The second-order valence-electron chi connectivity index (χ2n) is 6.46. The molecule has 1 aliphatic heterocycles. The van der Waals surface area contributed by atoms with Crippen molar-refractivity contribution in [3.63, 3.8) is 0 Å². The fourth-order valence-corrected chi connectivity index (χ4v) is 4.62. The van der Waals surface area contributed by atoms with Crippen LogP contribution in [0.4, 0.5) is 0 Å². The Morgan fingerprint density at radius 1 is 1.37 bits per heavy atom. The minimum absolute atomic E-state index is 0.0310. The van der Waals surface area contributed by atoms with Crippen LogP contribution in [0.1, 0.15) is 32.6 Å². The lowest BCUT2D eigenvalue weighted by Gasteiger charge is -2.17. The van der Waals surface area contributed by atoms with Gasteiger partial charge in [0.15, 0.2) is 5.16 Å². The van der Waals surface area contributed by atoms with Crippen molar-refractivity contribution in [1.29, 1.82) is 0 Å². The number of halogens is 1. The maximum Gasteiger partial charge on any atom is 0.262 e. The van der Waals surface area contributed by atoms with Crippen LogP contribution in [0.3, 0.4) is 0 Å². The molecule has 146 valence electrons. The fourth-order valence-electron chi connectivity index (χ4n) is 3.08. The van der Waals surface area contributed by atoms with Crippen molar-refractivity contribution in [1.82, 2.24) is 14.9 Å². The monoisotopic (exact) mass is 453 g/mol. The number of carbonyl (C=O) groups excluding carboxylic acids is 1. The van der Waals surface area contributed by atoms with Gasteiger partial charge in [0.05, 0.1) is 16.2 Å². The predicted molar refractivity (Wildman–Crippen MR) is 111 cm³/mol. The van der Waals surface area contributed by atoms with E-state index in [1.54, 1.807) is 10.6 Å². The van der Waals surface area contributed by atoms with Crippen LogP contribution < -0.4 is 10.9 Å². The molecule has 1 fully saturated rings. The first-order valence-electron chi connectivity index (χ1n) is 9.32. The number of hydrogen-bond acceptors (Lipinski definition) is 5. The van der Waals surface area contributed by atoms with Crippen molar-refractivity contribution in [2.75, 3.05) is 19.8 Å². The van der Waals surface area contributed by atoms with Gasteiger partial charge in [0, 0.05) is 30.8 Å². The van der Waals surface area contributed by atoms with E-state index in [0.29, 0.717) is 35.8 Å². The zero-order valence-corrected chi connectivity index (χ0v) is 17.8. The molecule has 1 unspecified atom stereocenters. The summed E-state index contributed by atoms with van der Waals surface area (Å²) in [5.74, 6) is 0.0310. The van der Waals surface area contributed by atoms with Crippen LogP contribution in [0.15, 0.2) is 32.6 Å². The topological polar surface area (TPSA) is 73.2 Å². The number of aromatic nitrogens is 2. The zero-order valence-electron chi connectivity index (χ0n) is 15.4. The standard InChI is InChI=1S/C19H24BrN3O3S/c1-2-26-11-5-10-23-18(25)14-12-13(20)7-8-15(14)22-19(23)27-16-6-3-4-9-21-17(16)24/h7-8,12,16H,2-6,9-11H2,1H3,(H,21,24). The normalized spacial score (nSPS) is 17.7. The summed E-state index contributed by atoms with van der Waals surface area (Å²) in [5, 5.41) is 3.92. The number of ether oxygens (including phenoxy) is 1. The Labute approximate surface area is 171 Å². The number of thioether (sulfide) groups is 1. The van der Waals surface area contributed by atoms with E-state index in [4.69, 9.17) is 9.72 Å². The Morgan fingerprint density at radius 2 is 2.22 bits per heavy atom. The maximum absolute atomic E-state index is 13.1. The van der Waals surface area contributed by atoms with E-state index in [0.717, 1.165) is 36.7 Å². The Balaban J connectivity index is 1.96. The van der Waals surface area contributed by atoms with Gasteiger partial charge in [-0.15, -0.1) is 0 Å². The van der Waals surface area contributed by atoms with Crippen molar-refractivity contribution in [2.45, 2.75) is 49.6 Å². The van der Waals surface area contributed by atoms with Crippen molar-refractivity contribution in [3.8, 4) is 0 Å². The summed E-state index contributed by atoms with van der Waals surface area (Å²) in [7, 11) is 0. The lowest BCUT2D eigenvalue weighted by Crippen LogP contribution is -2.32. The molecule has 1 saturated heterocycles. The maximum atomic E-state index is 13.1. The molecule has 2 heterocycles. The first kappa shape index (κ1) is 20.4. The molecule has 0 saturated carbocycles. The third kappa shape index (κ3) is 5.12. The van der Waals surface area contributed by atoms with E-state index in [9.17, 15) is 9.59 Å². The number of benzene rings is 1. The van der Waals surface area contributed by atoms with Gasteiger partial charge in [0.1, 0.15) is 0 Å². The van der Waals surface area contributed by atoms with Gasteiger partial charge in [-0.25, -0.2) is 4.98 Å². The molecule has 3 rings (SSSR count). The quantitative estimate of drug-likeness (QED) is 0.513. The van der Waals surface area contributed by atoms with Crippen LogP contribution in [-0.2, 0) is 16.1 Å². The van der Waals surface area contributed by atoms with Crippen LogP contribution >= 0.6 is 27.7 Å². The van der Waals surface area contributed by atoms with Gasteiger partial charge >= 0.3 is 0 Å². The van der Waals surface area contributed by atoms with Crippen LogP contribution in [0.5, 0.6) is 0 Å². The number of nitrogens with one attached hydrogen (secondary N) is 1. The Hall–Kier alpha value is -1.38. The number of carbonyl (C=O) groups is 1. The molecule has 0 bridgehead atoms. The molecule has 1 aromatic heterocycles. The van der Waals surface area contributed by atoms with Crippen molar-refractivity contribution in [3.05, 3.63) is 33.0 Å². The summed E-state index contributed by atoms with van der Waals surface area (Å²) < 4.78 is 7.95. The molecular formula is C19H24BrN3O3S. The van der Waals surface area contributed by atoms with Gasteiger partial charge in [0.2, 0.25) is 5.91 Å². The SMILES string of the molecule is CCOCCCn1c(SC2CCCCNC2=O)nc2ccc(Br)cc2c1=O. The second kappa shape index (κ2) is 9.71. The zero-order chi connectivity index (χ0) is 19.2. The summed E-state index contributed by atoms with van der Waals surface area (Å²) in [4.78, 5) is 30.2. The highest BCUT2D eigenvalue weighted by Gasteiger charge is 2.24. The molecule has 0 spiro atoms. The van der Waals surface area contributed by atoms with E-state index in [2.05, 4.69) is 21.2 Å². The first-order chi connectivity index (χ1) is 13.1. The Bertz CT molecular complexity index is 871. The molecule has 2 aromatic rings. The van der Waals surface area contributed by atoms with Crippen molar-refractivity contribution >= 4 is 44.5 Å². The summed E-state index contributed by atoms with van der Waals surface area (Å²) >= 11 is 4.82. The van der Waals surface area contributed by atoms with E-state index in [-0.39, 0.29) is 16.7 Å². The molecule has 8 heteroatoms. The first-order valence-corrected chi connectivity index (χ1v) is 11.0. The summed E-state index contributed by atoms with van der Waals surface area (Å²) in [6, 6.07) is 5.51. The summed E-state index contributed by atoms with van der Waals surface area (Å²) in [5.41, 5.74) is 0.579. The van der Waals surface area contributed by atoms with Gasteiger partial charge in [-0.2, -0.15) is 0 Å². The summed E-state index contributed by atoms with van der Waals surface area (Å²) in [6.07, 6.45) is 3.50. The van der Waals surface area contributed by atoms with Crippen molar-refractivity contribution in [2.24, 2.45) is 0 Å². The molecule has 1 amide bonds. The van der Waals surface area contributed by atoms with E-state index in [1.165, 1.54) is 11.8 Å². The lowest BCUT2D eigenvalue weighted by atomic mass is 10.2. The van der Waals surface area contributed by atoms with Crippen LogP contribution in [0, 0.1) is 0 Å². The fraction of sp³-hybridized carbons (Fsp3) is 0.526. The van der Waals surface area contributed by atoms with Crippen LogP contribution in [0.2, 0.25) is 0 Å². The van der Waals surface area contributed by atoms with E-state index < -0.39 is 0 Å². The highest BCUT2D eigenvalue weighted by atomic mass is 79.9. The number of nitrogens with zero attached hydrogens (tertiary/aromatic N) is 2. The molecule has 6 nitrogen and oxygen atoms in total. The predicted octanol–water partition coefficient (Wildman–Crippen LogP) is 3.35. The number of fused-ring (bicyclic) bond motifs is 1. The minimum Gasteiger partial charge on any atom is -0.382 e. The molecule has 0 radical (unpaired) electrons. The minimum atomic E-state index is -0.217. The van der Waals surface area contributed by atoms with Crippen LogP contribution in [-0.4, -0.2) is 40.5 Å². The van der Waals surface area contributed by atoms with E-state index in [1.807, 2.05) is 19.1 Å².